The quantitative estimate of drug-likeness (QED) is 0.756. The summed E-state index contributed by atoms with van der Waals surface area (Å²) < 4.78 is 1.34. The number of nitrogens with zero attached hydrogens (tertiary/aromatic N) is 2. The molecule has 2 heterocycles. The van der Waals surface area contributed by atoms with Crippen LogP contribution in [-0.4, -0.2) is 27.0 Å². The highest BCUT2D eigenvalue weighted by Crippen LogP contribution is 2.20. The molecule has 1 amide bonds. The molecule has 6 heteroatoms. The molecule has 120 valence electrons. The highest BCUT2D eigenvalue weighted by atomic mass is 16.2. The van der Waals surface area contributed by atoms with Gasteiger partial charge in [0.25, 0.3) is 5.56 Å². The summed E-state index contributed by atoms with van der Waals surface area (Å²) in [6.45, 7) is 4.80. The Morgan fingerprint density at radius 2 is 2.13 bits per heavy atom. The molecule has 0 saturated carbocycles. The average molecular weight is 312 g/mol. The van der Waals surface area contributed by atoms with Crippen molar-refractivity contribution in [2.75, 3.05) is 6.54 Å². The molecular formula is C17H20N4O2. The third-order valence-corrected chi connectivity index (χ3v) is 3.84. The van der Waals surface area contributed by atoms with Gasteiger partial charge in [-0.25, -0.2) is 4.98 Å². The van der Waals surface area contributed by atoms with Crippen LogP contribution in [0.25, 0.3) is 21.9 Å². The highest BCUT2D eigenvalue weighted by Gasteiger charge is 2.12. The van der Waals surface area contributed by atoms with Gasteiger partial charge in [-0.1, -0.05) is 32.0 Å². The van der Waals surface area contributed by atoms with E-state index in [1.54, 1.807) is 0 Å². The van der Waals surface area contributed by atoms with Gasteiger partial charge < -0.3 is 10.3 Å². The van der Waals surface area contributed by atoms with Crippen molar-refractivity contribution in [3.8, 4) is 0 Å². The van der Waals surface area contributed by atoms with E-state index in [2.05, 4.69) is 29.1 Å². The topological polar surface area (TPSA) is 79.8 Å². The zero-order valence-electron chi connectivity index (χ0n) is 13.3. The lowest BCUT2D eigenvalue weighted by Crippen LogP contribution is -2.33. The normalized spacial score (nSPS) is 11.4. The summed E-state index contributed by atoms with van der Waals surface area (Å²) in [5.41, 5.74) is 1.71. The van der Waals surface area contributed by atoms with Gasteiger partial charge >= 0.3 is 0 Å². The van der Waals surface area contributed by atoms with Crippen molar-refractivity contribution < 1.29 is 4.79 Å². The SMILES string of the molecule is CC(C)CCNC(=O)Cn1cnc2c([nH]c3ccccc32)c1=O. The number of carbonyl (C=O) groups is 1. The first-order valence-corrected chi connectivity index (χ1v) is 7.79. The van der Waals surface area contributed by atoms with Crippen molar-refractivity contribution in [2.24, 2.45) is 5.92 Å². The van der Waals surface area contributed by atoms with Crippen LogP contribution in [0.5, 0.6) is 0 Å². The number of rotatable bonds is 5. The number of fused-ring (bicyclic) bond motifs is 3. The average Bonchev–Trinajstić information content (AvgIpc) is 2.89. The van der Waals surface area contributed by atoms with Crippen LogP contribution in [0.3, 0.4) is 0 Å². The molecule has 23 heavy (non-hydrogen) atoms. The number of aromatic amines is 1. The number of benzene rings is 1. The summed E-state index contributed by atoms with van der Waals surface area (Å²) in [4.78, 5) is 31.9. The Balaban J connectivity index is 1.85. The van der Waals surface area contributed by atoms with Crippen molar-refractivity contribution in [1.29, 1.82) is 0 Å². The predicted octanol–water partition coefficient (Wildman–Crippen LogP) is 2.04. The molecule has 1 aromatic carbocycles. The zero-order valence-corrected chi connectivity index (χ0v) is 13.3. The lowest BCUT2D eigenvalue weighted by atomic mass is 10.1. The molecule has 0 atom stereocenters. The second-order valence-corrected chi connectivity index (χ2v) is 6.10. The molecule has 0 aliphatic rings. The molecule has 6 nitrogen and oxygen atoms in total. The first kappa shape index (κ1) is 15.3. The van der Waals surface area contributed by atoms with Gasteiger partial charge in [-0.2, -0.15) is 0 Å². The third-order valence-electron chi connectivity index (χ3n) is 3.84. The Morgan fingerprint density at radius 1 is 1.35 bits per heavy atom. The standard InChI is InChI=1S/C17H20N4O2/c1-11(2)7-8-18-14(22)9-21-10-19-15-12-5-3-4-6-13(12)20-16(15)17(21)23/h3-6,10-11,20H,7-9H2,1-2H3,(H,18,22). The minimum atomic E-state index is -0.231. The monoisotopic (exact) mass is 312 g/mol. The van der Waals surface area contributed by atoms with Gasteiger partial charge in [0.1, 0.15) is 17.6 Å². The number of aromatic nitrogens is 3. The molecule has 3 rings (SSSR count). The second kappa shape index (κ2) is 6.24. The maximum atomic E-state index is 12.5. The van der Waals surface area contributed by atoms with E-state index >= 15 is 0 Å². The van der Waals surface area contributed by atoms with Crippen LogP contribution >= 0.6 is 0 Å². The summed E-state index contributed by atoms with van der Waals surface area (Å²) >= 11 is 0. The number of hydrogen-bond donors (Lipinski definition) is 2. The maximum absolute atomic E-state index is 12.5. The fourth-order valence-corrected chi connectivity index (χ4v) is 2.56. The molecule has 2 aromatic heterocycles. The third kappa shape index (κ3) is 3.11. The molecule has 0 bridgehead atoms. The molecular weight excluding hydrogens is 292 g/mol. The molecule has 2 N–H and O–H groups in total. The predicted molar refractivity (Wildman–Crippen MR) is 90.3 cm³/mol. The van der Waals surface area contributed by atoms with Crippen molar-refractivity contribution in [1.82, 2.24) is 19.9 Å². The number of nitrogens with one attached hydrogen (secondary N) is 2. The van der Waals surface area contributed by atoms with Crippen LogP contribution in [0.2, 0.25) is 0 Å². The van der Waals surface area contributed by atoms with E-state index in [-0.39, 0.29) is 18.0 Å². The molecule has 0 saturated heterocycles. The van der Waals surface area contributed by atoms with Gasteiger partial charge in [0.2, 0.25) is 5.91 Å². The Labute approximate surface area is 133 Å². The summed E-state index contributed by atoms with van der Waals surface area (Å²) in [5, 5.41) is 3.74. The Bertz CT molecular complexity index is 908. The van der Waals surface area contributed by atoms with E-state index < -0.39 is 0 Å². The Morgan fingerprint density at radius 3 is 2.91 bits per heavy atom. The maximum Gasteiger partial charge on any atom is 0.278 e. The smallest absolute Gasteiger partial charge is 0.278 e. The summed E-state index contributed by atoms with van der Waals surface area (Å²) in [6.07, 6.45) is 2.35. The van der Waals surface area contributed by atoms with Gasteiger partial charge in [0.15, 0.2) is 0 Å². The second-order valence-electron chi connectivity index (χ2n) is 6.10. The van der Waals surface area contributed by atoms with Gasteiger partial charge in [-0.15, -0.1) is 0 Å². The molecule has 3 aromatic rings. The van der Waals surface area contributed by atoms with Gasteiger partial charge in [-0.3, -0.25) is 14.2 Å². The van der Waals surface area contributed by atoms with Crippen LogP contribution in [0, 0.1) is 5.92 Å². The summed E-state index contributed by atoms with van der Waals surface area (Å²) in [7, 11) is 0. The molecule has 0 unspecified atom stereocenters. The largest absolute Gasteiger partial charge is 0.355 e. The van der Waals surface area contributed by atoms with Crippen LogP contribution < -0.4 is 10.9 Å². The zero-order chi connectivity index (χ0) is 16.4. The number of amides is 1. The van der Waals surface area contributed by atoms with Crippen molar-refractivity contribution in [2.45, 2.75) is 26.8 Å². The van der Waals surface area contributed by atoms with E-state index in [1.807, 2.05) is 24.3 Å². The minimum absolute atomic E-state index is 0.0186. The number of hydrogen-bond acceptors (Lipinski definition) is 3. The lowest BCUT2D eigenvalue weighted by molar-refractivity contribution is -0.121. The van der Waals surface area contributed by atoms with Crippen molar-refractivity contribution in [3.63, 3.8) is 0 Å². The summed E-state index contributed by atoms with van der Waals surface area (Å²) in [5.74, 6) is 0.354. The lowest BCUT2D eigenvalue weighted by Gasteiger charge is -2.08. The fourth-order valence-electron chi connectivity index (χ4n) is 2.56. The van der Waals surface area contributed by atoms with Crippen molar-refractivity contribution >= 4 is 27.8 Å². The van der Waals surface area contributed by atoms with Gasteiger partial charge in [0, 0.05) is 17.4 Å². The number of para-hydroxylation sites is 1. The molecule has 0 aliphatic carbocycles. The number of H-pyrrole nitrogens is 1. The first-order chi connectivity index (χ1) is 11.1. The van der Waals surface area contributed by atoms with E-state index in [1.165, 1.54) is 10.9 Å². The number of carbonyl (C=O) groups excluding carboxylic acids is 1. The van der Waals surface area contributed by atoms with E-state index in [0.29, 0.717) is 23.5 Å². The van der Waals surface area contributed by atoms with Gasteiger partial charge in [0.05, 0.1) is 6.33 Å². The highest BCUT2D eigenvalue weighted by molar-refractivity contribution is 6.04. The van der Waals surface area contributed by atoms with E-state index in [9.17, 15) is 9.59 Å². The Kier molecular flexibility index (Phi) is 4.14. The fraction of sp³-hybridized carbons (Fsp3) is 0.353. The van der Waals surface area contributed by atoms with Gasteiger partial charge in [-0.05, 0) is 18.4 Å². The molecule has 0 aliphatic heterocycles. The molecule has 0 spiro atoms. The summed E-state index contributed by atoms with van der Waals surface area (Å²) in [6, 6.07) is 7.63. The Hall–Kier alpha value is -2.63. The van der Waals surface area contributed by atoms with Crippen LogP contribution in [0.4, 0.5) is 0 Å². The van der Waals surface area contributed by atoms with E-state index in [0.717, 1.165) is 17.3 Å². The van der Waals surface area contributed by atoms with Crippen LogP contribution in [-0.2, 0) is 11.3 Å². The van der Waals surface area contributed by atoms with Crippen LogP contribution in [0.1, 0.15) is 20.3 Å². The minimum Gasteiger partial charge on any atom is -0.355 e. The molecule has 0 radical (unpaired) electrons. The van der Waals surface area contributed by atoms with Crippen molar-refractivity contribution in [3.05, 3.63) is 40.9 Å². The first-order valence-electron chi connectivity index (χ1n) is 7.79. The van der Waals surface area contributed by atoms with E-state index in [4.69, 9.17) is 0 Å². The van der Waals surface area contributed by atoms with Crippen LogP contribution in [0.15, 0.2) is 35.4 Å². The molecule has 0 fully saturated rings.